The number of benzene rings is 1. The summed E-state index contributed by atoms with van der Waals surface area (Å²) in [4.78, 5) is 4.17. The minimum absolute atomic E-state index is 0.178. The fourth-order valence-electron chi connectivity index (χ4n) is 1.51. The maximum atomic E-state index is 12.1. The first-order valence-electron chi connectivity index (χ1n) is 6.00. The summed E-state index contributed by atoms with van der Waals surface area (Å²) in [5, 5.41) is 2.76. The highest BCUT2D eigenvalue weighted by Crippen LogP contribution is 2.24. The summed E-state index contributed by atoms with van der Waals surface area (Å²) in [7, 11) is 1.53. The van der Waals surface area contributed by atoms with Gasteiger partial charge in [0.05, 0.1) is 12.6 Å². The molecule has 118 valence electrons. The van der Waals surface area contributed by atoms with Crippen LogP contribution in [0.25, 0.3) is 0 Å². The van der Waals surface area contributed by atoms with E-state index in [0.29, 0.717) is 12.3 Å². The van der Waals surface area contributed by atoms with Crippen LogP contribution in [0.1, 0.15) is 6.92 Å². The molecule has 1 unspecified atom stereocenters. The van der Waals surface area contributed by atoms with Crippen molar-refractivity contribution in [2.45, 2.75) is 19.3 Å². The fourth-order valence-corrected chi connectivity index (χ4v) is 1.51. The molecule has 1 aromatic carbocycles. The molecule has 0 aliphatic rings. The van der Waals surface area contributed by atoms with E-state index in [4.69, 9.17) is 10.6 Å². The molecule has 0 fully saturated rings. The summed E-state index contributed by atoms with van der Waals surface area (Å²) >= 11 is 0. The molecule has 6 nitrogen and oxygen atoms in total. The van der Waals surface area contributed by atoms with Gasteiger partial charge in [-0.05, 0) is 19.1 Å². The highest BCUT2D eigenvalue weighted by molar-refractivity contribution is 5.93. The Bertz CT molecular complexity index is 480. The van der Waals surface area contributed by atoms with Gasteiger partial charge in [0.25, 0.3) is 0 Å². The Morgan fingerprint density at radius 2 is 2.14 bits per heavy atom. The third kappa shape index (κ3) is 6.82. The van der Waals surface area contributed by atoms with Gasteiger partial charge in [-0.25, -0.2) is 10.8 Å². The Morgan fingerprint density at radius 3 is 2.71 bits per heavy atom. The molecule has 9 heteroatoms. The van der Waals surface area contributed by atoms with E-state index in [9.17, 15) is 13.2 Å². The van der Waals surface area contributed by atoms with Gasteiger partial charge in [0, 0.05) is 18.9 Å². The standard InChI is InChI=1S/C12H17F3N4O2/c1-8(7-20-2)17-11(19-16)18-9-4-3-5-10(6-9)21-12(13,14)15/h3-6,8H,7,16H2,1-2H3,(H2,17,18,19). The van der Waals surface area contributed by atoms with E-state index in [1.165, 1.54) is 25.3 Å². The molecule has 0 amide bonds. The van der Waals surface area contributed by atoms with Crippen LogP contribution in [-0.4, -0.2) is 32.1 Å². The molecule has 0 aliphatic heterocycles. The second kappa shape index (κ2) is 7.70. The molecule has 0 radical (unpaired) electrons. The van der Waals surface area contributed by atoms with Crippen LogP contribution in [-0.2, 0) is 4.74 Å². The maximum absolute atomic E-state index is 12.1. The lowest BCUT2D eigenvalue weighted by Gasteiger charge is -2.13. The number of rotatable bonds is 5. The van der Waals surface area contributed by atoms with Crippen LogP contribution in [0.2, 0.25) is 0 Å². The summed E-state index contributed by atoms with van der Waals surface area (Å²) in [6.07, 6.45) is -4.74. The predicted octanol–water partition coefficient (Wildman–Crippen LogP) is 1.85. The van der Waals surface area contributed by atoms with Crippen molar-refractivity contribution < 1.29 is 22.6 Å². The Balaban J connectivity index is 2.79. The zero-order valence-corrected chi connectivity index (χ0v) is 11.6. The quantitative estimate of drug-likeness (QED) is 0.335. The number of nitrogens with two attached hydrogens (primary N) is 1. The molecule has 0 spiro atoms. The fraction of sp³-hybridized carbons (Fsp3) is 0.417. The minimum atomic E-state index is -4.74. The summed E-state index contributed by atoms with van der Waals surface area (Å²) in [5.41, 5.74) is 2.67. The second-order valence-electron chi connectivity index (χ2n) is 4.13. The zero-order valence-electron chi connectivity index (χ0n) is 11.6. The van der Waals surface area contributed by atoms with Crippen LogP contribution in [0, 0.1) is 0 Å². The number of hydrogen-bond acceptors (Lipinski definition) is 4. The monoisotopic (exact) mass is 306 g/mol. The zero-order chi connectivity index (χ0) is 15.9. The number of aliphatic imine (C=N–C) groups is 1. The third-order valence-corrected chi connectivity index (χ3v) is 2.22. The first-order chi connectivity index (χ1) is 9.84. The molecule has 0 aliphatic carbocycles. The molecular formula is C12H17F3N4O2. The Hall–Kier alpha value is -2.00. The lowest BCUT2D eigenvalue weighted by molar-refractivity contribution is -0.274. The summed E-state index contributed by atoms with van der Waals surface area (Å²) in [5.74, 6) is 5.17. The second-order valence-corrected chi connectivity index (χ2v) is 4.13. The molecule has 1 atom stereocenters. The van der Waals surface area contributed by atoms with E-state index in [2.05, 4.69) is 20.5 Å². The first-order valence-corrected chi connectivity index (χ1v) is 6.00. The van der Waals surface area contributed by atoms with Crippen molar-refractivity contribution in [1.29, 1.82) is 0 Å². The smallest absolute Gasteiger partial charge is 0.406 e. The number of hydrazine groups is 1. The van der Waals surface area contributed by atoms with Crippen LogP contribution in [0.15, 0.2) is 29.3 Å². The van der Waals surface area contributed by atoms with Gasteiger partial charge in [0.1, 0.15) is 5.75 Å². The largest absolute Gasteiger partial charge is 0.573 e. The lowest BCUT2D eigenvalue weighted by Crippen LogP contribution is -2.37. The van der Waals surface area contributed by atoms with E-state index in [1.807, 2.05) is 0 Å². The number of alkyl halides is 3. The number of nitrogens with zero attached hydrogens (tertiary/aromatic N) is 1. The molecule has 0 aromatic heterocycles. The van der Waals surface area contributed by atoms with Gasteiger partial charge in [-0.2, -0.15) is 0 Å². The van der Waals surface area contributed by atoms with Crippen molar-refractivity contribution in [1.82, 2.24) is 5.43 Å². The van der Waals surface area contributed by atoms with E-state index < -0.39 is 6.36 Å². The van der Waals surface area contributed by atoms with Crippen molar-refractivity contribution in [2.24, 2.45) is 10.8 Å². The lowest BCUT2D eigenvalue weighted by atomic mass is 10.3. The van der Waals surface area contributed by atoms with Gasteiger partial charge >= 0.3 is 6.36 Å². The Morgan fingerprint density at radius 1 is 1.43 bits per heavy atom. The predicted molar refractivity (Wildman–Crippen MR) is 72.8 cm³/mol. The van der Waals surface area contributed by atoms with Gasteiger partial charge < -0.3 is 14.8 Å². The van der Waals surface area contributed by atoms with Crippen molar-refractivity contribution >= 4 is 11.6 Å². The average Bonchev–Trinajstić information content (AvgIpc) is 2.36. The summed E-state index contributed by atoms with van der Waals surface area (Å²) < 4.78 is 45.2. The number of ether oxygens (including phenoxy) is 2. The average molecular weight is 306 g/mol. The molecule has 0 saturated carbocycles. The van der Waals surface area contributed by atoms with E-state index in [0.717, 1.165) is 0 Å². The minimum Gasteiger partial charge on any atom is -0.406 e. The van der Waals surface area contributed by atoms with Crippen molar-refractivity contribution in [3.05, 3.63) is 24.3 Å². The van der Waals surface area contributed by atoms with E-state index >= 15 is 0 Å². The highest BCUT2D eigenvalue weighted by Gasteiger charge is 2.31. The molecule has 0 bridgehead atoms. The third-order valence-electron chi connectivity index (χ3n) is 2.22. The molecule has 4 N–H and O–H groups in total. The first kappa shape index (κ1) is 17.1. The van der Waals surface area contributed by atoms with Crippen molar-refractivity contribution in [3.63, 3.8) is 0 Å². The number of methoxy groups -OCH3 is 1. The van der Waals surface area contributed by atoms with E-state index in [1.54, 1.807) is 13.0 Å². The van der Waals surface area contributed by atoms with Crippen LogP contribution < -0.4 is 21.3 Å². The Labute approximate surface area is 120 Å². The van der Waals surface area contributed by atoms with Crippen LogP contribution in [0.3, 0.4) is 0 Å². The van der Waals surface area contributed by atoms with E-state index in [-0.39, 0.29) is 17.8 Å². The molecule has 1 aromatic rings. The highest BCUT2D eigenvalue weighted by atomic mass is 19.4. The molecule has 0 heterocycles. The van der Waals surface area contributed by atoms with Gasteiger partial charge in [0.15, 0.2) is 0 Å². The number of nitrogens with one attached hydrogen (secondary N) is 2. The molecule has 0 saturated heterocycles. The van der Waals surface area contributed by atoms with Crippen molar-refractivity contribution in [3.8, 4) is 5.75 Å². The normalized spacial score (nSPS) is 13.7. The Kier molecular flexibility index (Phi) is 6.25. The van der Waals surface area contributed by atoms with Crippen LogP contribution in [0.4, 0.5) is 18.9 Å². The SMILES string of the molecule is COCC(C)N=C(NN)Nc1cccc(OC(F)(F)F)c1. The topological polar surface area (TPSA) is 80.9 Å². The van der Waals surface area contributed by atoms with Gasteiger partial charge in [-0.15, -0.1) is 13.2 Å². The van der Waals surface area contributed by atoms with Crippen LogP contribution >= 0.6 is 0 Å². The number of anilines is 1. The number of hydrogen-bond donors (Lipinski definition) is 3. The number of halogens is 3. The summed E-state index contributed by atoms with van der Waals surface area (Å²) in [6.45, 7) is 2.18. The number of guanidine groups is 1. The molecule has 1 rings (SSSR count). The van der Waals surface area contributed by atoms with Gasteiger partial charge in [-0.1, -0.05) is 6.07 Å². The molecular weight excluding hydrogens is 289 g/mol. The van der Waals surface area contributed by atoms with Gasteiger partial charge in [0.2, 0.25) is 5.96 Å². The van der Waals surface area contributed by atoms with Crippen molar-refractivity contribution in [2.75, 3.05) is 19.0 Å². The summed E-state index contributed by atoms with van der Waals surface area (Å²) in [6, 6.07) is 5.16. The maximum Gasteiger partial charge on any atom is 0.573 e. The van der Waals surface area contributed by atoms with Gasteiger partial charge in [-0.3, -0.25) is 5.43 Å². The van der Waals surface area contributed by atoms with Crippen LogP contribution in [0.5, 0.6) is 5.75 Å². The molecule has 21 heavy (non-hydrogen) atoms.